The average molecular weight is 269 g/mol. The number of aromatic carboxylic acids is 1. The van der Waals surface area contributed by atoms with Crippen molar-refractivity contribution < 1.29 is 9.90 Å². The minimum atomic E-state index is -1.00. The van der Waals surface area contributed by atoms with Crippen LogP contribution in [0, 0.1) is 11.3 Å². The molecular weight excluding hydrogens is 254 g/mol. The van der Waals surface area contributed by atoms with Gasteiger partial charge in [0.25, 0.3) is 0 Å². The van der Waals surface area contributed by atoms with Gasteiger partial charge < -0.3 is 9.67 Å². The molecule has 0 aliphatic heterocycles. The zero-order chi connectivity index (χ0) is 14.5. The van der Waals surface area contributed by atoms with Gasteiger partial charge in [-0.15, -0.1) is 0 Å². The zero-order valence-corrected chi connectivity index (χ0v) is 11.2. The molecule has 0 amide bonds. The van der Waals surface area contributed by atoms with Gasteiger partial charge in [-0.1, -0.05) is 13.3 Å². The fourth-order valence-electron chi connectivity index (χ4n) is 1.96. The molecule has 0 fully saturated rings. The number of pyridine rings is 1. The van der Waals surface area contributed by atoms with Crippen molar-refractivity contribution in [2.24, 2.45) is 0 Å². The fraction of sp³-hybridized carbons (Fsp3) is 0.267. The first-order valence-corrected chi connectivity index (χ1v) is 6.46. The third-order valence-corrected chi connectivity index (χ3v) is 3.09. The maximum atomic E-state index is 10.8. The van der Waals surface area contributed by atoms with Crippen molar-refractivity contribution in [3.05, 3.63) is 47.4 Å². The largest absolute Gasteiger partial charge is 0.478 e. The first kappa shape index (κ1) is 13.8. The van der Waals surface area contributed by atoms with Gasteiger partial charge in [0, 0.05) is 18.6 Å². The minimum Gasteiger partial charge on any atom is -0.478 e. The Labute approximate surface area is 117 Å². The van der Waals surface area contributed by atoms with E-state index in [2.05, 4.69) is 18.0 Å². The lowest BCUT2D eigenvalue weighted by Gasteiger charge is -2.01. The average Bonchev–Trinajstić information content (AvgIpc) is 2.88. The number of carbonyl (C=O) groups is 1. The summed E-state index contributed by atoms with van der Waals surface area (Å²) in [6.45, 7) is 2.11. The highest BCUT2D eigenvalue weighted by atomic mass is 16.4. The smallest absolute Gasteiger partial charge is 0.337 e. The van der Waals surface area contributed by atoms with E-state index in [4.69, 9.17) is 10.4 Å². The molecule has 5 heteroatoms. The Balaban J connectivity index is 2.30. The molecule has 0 radical (unpaired) electrons. The second-order valence-electron chi connectivity index (χ2n) is 4.53. The lowest BCUT2D eigenvalue weighted by atomic mass is 10.1. The number of hydrogen-bond acceptors (Lipinski definition) is 3. The van der Waals surface area contributed by atoms with Gasteiger partial charge in [-0.3, -0.25) is 0 Å². The van der Waals surface area contributed by atoms with Crippen LogP contribution < -0.4 is 0 Å². The first-order valence-electron chi connectivity index (χ1n) is 6.46. The van der Waals surface area contributed by atoms with Crippen molar-refractivity contribution in [1.29, 1.82) is 5.26 Å². The summed E-state index contributed by atoms with van der Waals surface area (Å²) < 4.78 is 1.76. The molecule has 2 aromatic heterocycles. The van der Waals surface area contributed by atoms with E-state index in [9.17, 15) is 4.79 Å². The highest BCUT2D eigenvalue weighted by molar-refractivity contribution is 5.87. The quantitative estimate of drug-likeness (QED) is 0.905. The monoisotopic (exact) mass is 269 g/mol. The van der Waals surface area contributed by atoms with Gasteiger partial charge in [-0.2, -0.15) is 5.26 Å². The van der Waals surface area contributed by atoms with Crippen LogP contribution in [0.15, 0.2) is 30.7 Å². The van der Waals surface area contributed by atoms with Crippen LogP contribution in [0.1, 0.15) is 41.3 Å². The van der Waals surface area contributed by atoms with Gasteiger partial charge in [0.2, 0.25) is 0 Å². The second kappa shape index (κ2) is 6.02. The highest BCUT2D eigenvalue weighted by Crippen LogP contribution is 2.16. The summed E-state index contributed by atoms with van der Waals surface area (Å²) in [7, 11) is 0. The molecule has 20 heavy (non-hydrogen) atoms. The van der Waals surface area contributed by atoms with Crippen molar-refractivity contribution in [2.45, 2.75) is 26.2 Å². The molecule has 0 spiro atoms. The van der Waals surface area contributed by atoms with Crippen molar-refractivity contribution in [3.8, 4) is 11.9 Å². The Kier molecular flexibility index (Phi) is 4.16. The standard InChI is InChI=1S/C15H15N3O2/c1-2-3-4-12-9-18(10-13(12)7-16)14-6-5-11(8-17-14)15(19)20/h5-6,8-10H,2-4H2,1H3,(H,19,20). The lowest BCUT2D eigenvalue weighted by Crippen LogP contribution is -2.00. The van der Waals surface area contributed by atoms with E-state index in [0.29, 0.717) is 11.4 Å². The highest BCUT2D eigenvalue weighted by Gasteiger charge is 2.09. The number of carboxylic acids is 1. The van der Waals surface area contributed by atoms with Gasteiger partial charge in [0.15, 0.2) is 0 Å². The molecule has 0 bridgehead atoms. The Morgan fingerprint density at radius 3 is 2.80 bits per heavy atom. The van der Waals surface area contributed by atoms with Crippen LogP contribution in [0.3, 0.4) is 0 Å². The number of nitriles is 1. The number of carboxylic acid groups (broad SMARTS) is 1. The van der Waals surface area contributed by atoms with Crippen molar-refractivity contribution >= 4 is 5.97 Å². The first-order chi connectivity index (χ1) is 9.65. The topological polar surface area (TPSA) is 78.9 Å². The summed E-state index contributed by atoms with van der Waals surface area (Å²) in [5, 5.41) is 18.0. The van der Waals surface area contributed by atoms with Crippen LogP contribution in [0.25, 0.3) is 5.82 Å². The van der Waals surface area contributed by atoms with Crippen LogP contribution in [-0.2, 0) is 6.42 Å². The molecule has 0 saturated heterocycles. The maximum Gasteiger partial charge on any atom is 0.337 e. The molecule has 2 heterocycles. The summed E-state index contributed by atoms with van der Waals surface area (Å²) in [5.41, 5.74) is 1.79. The van der Waals surface area contributed by atoms with Gasteiger partial charge >= 0.3 is 5.97 Å². The van der Waals surface area contributed by atoms with Gasteiger partial charge in [-0.05, 0) is 30.5 Å². The molecule has 0 aliphatic carbocycles. The van der Waals surface area contributed by atoms with Gasteiger partial charge in [0.05, 0.1) is 11.1 Å². The molecule has 0 unspecified atom stereocenters. The van der Waals surface area contributed by atoms with Crippen LogP contribution in [-0.4, -0.2) is 20.6 Å². The molecule has 102 valence electrons. The Bertz CT molecular complexity index is 651. The number of aryl methyl sites for hydroxylation is 1. The number of nitrogens with zero attached hydrogens (tertiary/aromatic N) is 3. The normalized spacial score (nSPS) is 10.2. The number of aromatic nitrogens is 2. The molecule has 2 aromatic rings. The van der Waals surface area contributed by atoms with E-state index in [1.165, 1.54) is 12.3 Å². The molecule has 2 rings (SSSR count). The number of unbranched alkanes of at least 4 members (excludes halogenated alkanes) is 1. The van der Waals surface area contributed by atoms with Crippen LogP contribution >= 0.6 is 0 Å². The van der Waals surface area contributed by atoms with E-state index >= 15 is 0 Å². The Morgan fingerprint density at radius 1 is 1.45 bits per heavy atom. The third-order valence-electron chi connectivity index (χ3n) is 3.09. The third kappa shape index (κ3) is 2.86. The van der Waals surface area contributed by atoms with E-state index in [0.717, 1.165) is 24.8 Å². The van der Waals surface area contributed by atoms with Gasteiger partial charge in [0.1, 0.15) is 11.9 Å². The molecule has 0 saturated carbocycles. The van der Waals surface area contributed by atoms with E-state index < -0.39 is 5.97 Å². The second-order valence-corrected chi connectivity index (χ2v) is 4.53. The van der Waals surface area contributed by atoms with Crippen LogP contribution in [0.4, 0.5) is 0 Å². The van der Waals surface area contributed by atoms with Crippen molar-refractivity contribution in [1.82, 2.24) is 9.55 Å². The molecule has 0 aliphatic rings. The molecule has 5 nitrogen and oxygen atoms in total. The predicted octanol–water partition coefficient (Wildman–Crippen LogP) is 2.78. The SMILES string of the molecule is CCCCc1cn(-c2ccc(C(=O)O)cn2)cc1C#N. The summed E-state index contributed by atoms with van der Waals surface area (Å²) in [5.74, 6) is -0.396. The Hall–Kier alpha value is -2.61. The van der Waals surface area contributed by atoms with E-state index in [1.54, 1.807) is 16.8 Å². The molecule has 0 atom stereocenters. The Morgan fingerprint density at radius 2 is 2.25 bits per heavy atom. The summed E-state index contributed by atoms with van der Waals surface area (Å²) in [6, 6.07) is 5.32. The van der Waals surface area contributed by atoms with Crippen molar-refractivity contribution in [3.63, 3.8) is 0 Å². The summed E-state index contributed by atoms with van der Waals surface area (Å²) in [4.78, 5) is 14.9. The van der Waals surface area contributed by atoms with Gasteiger partial charge in [-0.25, -0.2) is 9.78 Å². The molecule has 0 aromatic carbocycles. The molecule has 1 N–H and O–H groups in total. The van der Waals surface area contributed by atoms with E-state index in [-0.39, 0.29) is 5.56 Å². The molecular formula is C15H15N3O2. The lowest BCUT2D eigenvalue weighted by molar-refractivity contribution is 0.0696. The number of hydrogen-bond donors (Lipinski definition) is 1. The van der Waals surface area contributed by atoms with E-state index in [1.807, 2.05) is 6.20 Å². The predicted molar refractivity (Wildman–Crippen MR) is 73.9 cm³/mol. The maximum absolute atomic E-state index is 10.8. The summed E-state index contributed by atoms with van der Waals surface area (Å²) >= 11 is 0. The zero-order valence-electron chi connectivity index (χ0n) is 11.2. The number of rotatable bonds is 5. The fourth-order valence-corrected chi connectivity index (χ4v) is 1.96. The minimum absolute atomic E-state index is 0.146. The van der Waals surface area contributed by atoms with Crippen molar-refractivity contribution in [2.75, 3.05) is 0 Å². The van der Waals surface area contributed by atoms with Crippen LogP contribution in [0.2, 0.25) is 0 Å². The van der Waals surface area contributed by atoms with Crippen LogP contribution in [0.5, 0.6) is 0 Å². The summed E-state index contributed by atoms with van der Waals surface area (Å²) in [6.07, 6.45) is 7.89.